The summed E-state index contributed by atoms with van der Waals surface area (Å²) in [5, 5.41) is 3.19. The number of pyridine rings is 1. The van der Waals surface area contributed by atoms with Crippen molar-refractivity contribution in [3.63, 3.8) is 0 Å². The summed E-state index contributed by atoms with van der Waals surface area (Å²) in [5.41, 5.74) is 1.59. The van der Waals surface area contributed by atoms with Gasteiger partial charge in [0.05, 0.1) is 5.56 Å². The highest BCUT2D eigenvalue weighted by Crippen LogP contribution is 2.16. The molecule has 0 aromatic carbocycles. The lowest BCUT2D eigenvalue weighted by molar-refractivity contribution is 0.967. The van der Waals surface area contributed by atoms with E-state index in [1.807, 2.05) is 26.0 Å². The van der Waals surface area contributed by atoms with Gasteiger partial charge in [0.25, 0.3) is 0 Å². The molecule has 0 amide bonds. The fourth-order valence-electron chi connectivity index (χ4n) is 1.44. The van der Waals surface area contributed by atoms with Gasteiger partial charge >= 0.3 is 0 Å². The van der Waals surface area contributed by atoms with E-state index in [1.54, 1.807) is 6.20 Å². The molecule has 0 saturated carbocycles. The second-order valence-corrected chi connectivity index (χ2v) is 3.38. The maximum Gasteiger partial charge on any atom is 0.193 e. The molecule has 0 saturated heterocycles. The van der Waals surface area contributed by atoms with Gasteiger partial charge in [-0.05, 0) is 19.9 Å². The van der Waals surface area contributed by atoms with E-state index in [4.69, 9.17) is 0 Å². The summed E-state index contributed by atoms with van der Waals surface area (Å²) in [4.78, 5) is 14.7. The lowest BCUT2D eigenvalue weighted by Crippen LogP contribution is -2.22. The second-order valence-electron chi connectivity index (χ2n) is 3.38. The summed E-state index contributed by atoms with van der Waals surface area (Å²) in [7, 11) is 0. The van der Waals surface area contributed by atoms with Crippen LogP contribution >= 0.6 is 0 Å². The number of aryl methyl sites for hydroxylation is 1. The standard InChI is InChI=1S/C10H12N2O/c1-6-5-11-10-8(9(6)13)4-3-7(2)12-10/h3-5,7H,1-2H3,(H2,11,12,13). The Morgan fingerprint density at radius 3 is 3.00 bits per heavy atom. The summed E-state index contributed by atoms with van der Waals surface area (Å²) in [6.07, 6.45) is 5.60. The zero-order valence-electron chi connectivity index (χ0n) is 7.72. The first-order chi connectivity index (χ1) is 6.18. The van der Waals surface area contributed by atoms with Crippen LogP contribution in [0.5, 0.6) is 0 Å². The molecular weight excluding hydrogens is 164 g/mol. The van der Waals surface area contributed by atoms with Crippen LogP contribution in [0.4, 0.5) is 5.82 Å². The van der Waals surface area contributed by atoms with Gasteiger partial charge in [0, 0.05) is 17.8 Å². The first kappa shape index (κ1) is 8.10. The van der Waals surface area contributed by atoms with Crippen molar-refractivity contribution in [1.82, 2.24) is 4.98 Å². The van der Waals surface area contributed by atoms with Crippen molar-refractivity contribution in [2.45, 2.75) is 19.9 Å². The summed E-state index contributed by atoms with van der Waals surface area (Å²) in [6, 6.07) is 0.283. The fraction of sp³-hybridized carbons (Fsp3) is 0.300. The molecule has 1 aliphatic rings. The van der Waals surface area contributed by atoms with Gasteiger partial charge in [0.1, 0.15) is 5.82 Å². The van der Waals surface area contributed by atoms with E-state index >= 15 is 0 Å². The fourth-order valence-corrected chi connectivity index (χ4v) is 1.44. The van der Waals surface area contributed by atoms with E-state index < -0.39 is 0 Å². The van der Waals surface area contributed by atoms with Crippen LogP contribution in [0.3, 0.4) is 0 Å². The third-order valence-electron chi connectivity index (χ3n) is 2.23. The molecule has 1 aliphatic heterocycles. The van der Waals surface area contributed by atoms with E-state index in [2.05, 4.69) is 10.3 Å². The van der Waals surface area contributed by atoms with Crippen molar-refractivity contribution >= 4 is 11.9 Å². The van der Waals surface area contributed by atoms with Crippen LogP contribution in [0.1, 0.15) is 18.1 Å². The van der Waals surface area contributed by atoms with Crippen molar-refractivity contribution in [3.05, 3.63) is 33.6 Å². The van der Waals surface area contributed by atoms with Crippen LogP contribution in [0, 0.1) is 6.92 Å². The summed E-state index contributed by atoms with van der Waals surface area (Å²) in [5.74, 6) is 0.825. The minimum atomic E-state index is 0.101. The molecule has 3 nitrogen and oxygen atoms in total. The lowest BCUT2D eigenvalue weighted by atomic mass is 10.1. The number of hydrogen-bond donors (Lipinski definition) is 2. The van der Waals surface area contributed by atoms with Gasteiger partial charge in [0.2, 0.25) is 0 Å². The Morgan fingerprint density at radius 1 is 1.46 bits per heavy atom. The van der Waals surface area contributed by atoms with Gasteiger partial charge in [-0.3, -0.25) is 4.79 Å². The van der Waals surface area contributed by atoms with Gasteiger partial charge in [-0.2, -0.15) is 0 Å². The molecule has 0 spiro atoms. The number of nitrogens with one attached hydrogen (secondary N) is 2. The van der Waals surface area contributed by atoms with Gasteiger partial charge in [-0.15, -0.1) is 0 Å². The maximum atomic E-state index is 11.6. The monoisotopic (exact) mass is 176 g/mol. The minimum absolute atomic E-state index is 0.101. The van der Waals surface area contributed by atoms with Crippen LogP contribution in [0.2, 0.25) is 0 Å². The summed E-state index contributed by atoms with van der Waals surface area (Å²) < 4.78 is 0. The molecule has 1 aromatic rings. The van der Waals surface area contributed by atoms with Crippen LogP contribution in [-0.4, -0.2) is 11.0 Å². The smallest absolute Gasteiger partial charge is 0.193 e. The van der Waals surface area contributed by atoms with Crippen LogP contribution in [0.15, 0.2) is 17.1 Å². The highest BCUT2D eigenvalue weighted by atomic mass is 16.1. The Balaban J connectivity index is 2.64. The molecule has 0 radical (unpaired) electrons. The normalized spacial score (nSPS) is 19.4. The number of aromatic amines is 1. The van der Waals surface area contributed by atoms with Gasteiger partial charge in [0.15, 0.2) is 5.43 Å². The van der Waals surface area contributed by atoms with Crippen molar-refractivity contribution in [3.8, 4) is 0 Å². The van der Waals surface area contributed by atoms with Crippen molar-refractivity contribution in [2.24, 2.45) is 0 Å². The molecule has 68 valence electrons. The quantitative estimate of drug-likeness (QED) is 0.629. The average Bonchev–Trinajstić information content (AvgIpc) is 2.12. The second kappa shape index (κ2) is 2.76. The van der Waals surface area contributed by atoms with E-state index in [9.17, 15) is 4.79 Å². The van der Waals surface area contributed by atoms with Crippen molar-refractivity contribution in [1.29, 1.82) is 0 Å². The zero-order chi connectivity index (χ0) is 9.42. The molecule has 2 rings (SSSR count). The van der Waals surface area contributed by atoms with E-state index in [0.29, 0.717) is 0 Å². The first-order valence-corrected chi connectivity index (χ1v) is 4.35. The molecule has 2 heterocycles. The SMILES string of the molecule is Cc1c[nH]c2c(c1=O)C=CC(C)N2. The largest absolute Gasteiger partial charge is 0.365 e. The molecule has 1 atom stereocenters. The average molecular weight is 176 g/mol. The molecular formula is C10H12N2O. The highest BCUT2D eigenvalue weighted by Gasteiger charge is 2.12. The van der Waals surface area contributed by atoms with E-state index in [1.165, 1.54) is 0 Å². The predicted octanol–water partition coefficient (Wildman–Crippen LogP) is 1.51. The molecule has 13 heavy (non-hydrogen) atoms. The zero-order valence-corrected chi connectivity index (χ0v) is 7.72. The third-order valence-corrected chi connectivity index (χ3v) is 2.23. The molecule has 3 heteroatoms. The Bertz CT molecular complexity index is 417. The van der Waals surface area contributed by atoms with Crippen molar-refractivity contribution < 1.29 is 0 Å². The van der Waals surface area contributed by atoms with Crippen LogP contribution in [-0.2, 0) is 0 Å². The summed E-state index contributed by atoms with van der Waals surface area (Å²) in [6.45, 7) is 3.85. The maximum absolute atomic E-state index is 11.6. The number of rotatable bonds is 0. The van der Waals surface area contributed by atoms with Crippen LogP contribution < -0.4 is 10.7 Å². The molecule has 2 N–H and O–H groups in total. The van der Waals surface area contributed by atoms with Crippen molar-refractivity contribution in [2.75, 3.05) is 5.32 Å². The van der Waals surface area contributed by atoms with Gasteiger partial charge < -0.3 is 10.3 Å². The molecule has 1 unspecified atom stereocenters. The highest BCUT2D eigenvalue weighted by molar-refractivity contribution is 5.67. The molecule has 0 fully saturated rings. The van der Waals surface area contributed by atoms with E-state index in [-0.39, 0.29) is 11.5 Å². The van der Waals surface area contributed by atoms with Gasteiger partial charge in [-0.1, -0.05) is 6.08 Å². The Kier molecular flexibility index (Phi) is 1.72. The molecule has 0 aliphatic carbocycles. The number of hydrogen-bond acceptors (Lipinski definition) is 2. The minimum Gasteiger partial charge on any atom is -0.365 e. The van der Waals surface area contributed by atoms with Gasteiger partial charge in [-0.25, -0.2) is 0 Å². The Morgan fingerprint density at radius 2 is 2.23 bits per heavy atom. The predicted molar refractivity (Wildman–Crippen MR) is 53.9 cm³/mol. The first-order valence-electron chi connectivity index (χ1n) is 4.35. The molecule has 0 bridgehead atoms. The van der Waals surface area contributed by atoms with Crippen LogP contribution in [0.25, 0.3) is 6.08 Å². The van der Waals surface area contributed by atoms with E-state index in [0.717, 1.165) is 16.9 Å². The third kappa shape index (κ3) is 1.26. The number of aromatic nitrogens is 1. The molecule has 1 aromatic heterocycles. The topological polar surface area (TPSA) is 44.9 Å². The summed E-state index contributed by atoms with van der Waals surface area (Å²) >= 11 is 0. The number of H-pyrrole nitrogens is 1. The Hall–Kier alpha value is -1.51. The Labute approximate surface area is 76.5 Å². The lowest BCUT2D eigenvalue weighted by Gasteiger charge is -2.18. The number of anilines is 1. The number of fused-ring (bicyclic) bond motifs is 1.